The van der Waals surface area contributed by atoms with Crippen molar-refractivity contribution in [2.75, 3.05) is 19.1 Å². The maximum atomic E-state index is 11.1. The second-order valence-electron chi connectivity index (χ2n) is 3.14. The molecule has 0 saturated carbocycles. The second-order valence-corrected chi connectivity index (χ2v) is 3.14. The number of carbonyl (C=O) groups is 1. The maximum Gasteiger partial charge on any atom is 0.369 e. The van der Waals surface area contributed by atoms with E-state index in [9.17, 15) is 4.79 Å². The van der Waals surface area contributed by atoms with Gasteiger partial charge in [-0.2, -0.15) is 10.4 Å². The number of ether oxygens (including phenoxy) is 2. The lowest BCUT2D eigenvalue weighted by Gasteiger charge is -2.05. The predicted octanol–water partition coefficient (Wildman–Crippen LogP) is 1.55. The summed E-state index contributed by atoms with van der Waals surface area (Å²) in [5, 5.41) is 12.4. The Morgan fingerprint density at radius 1 is 1.56 bits per heavy atom. The molecule has 1 rings (SSSR count). The number of nitriles is 1. The molecule has 1 aromatic carbocycles. The molecule has 0 heterocycles. The number of rotatable bonds is 5. The Hall–Kier alpha value is -2.55. The van der Waals surface area contributed by atoms with Crippen molar-refractivity contribution in [3.63, 3.8) is 0 Å². The predicted molar refractivity (Wildman–Crippen MR) is 66.3 cm³/mol. The Kier molecular flexibility index (Phi) is 5.19. The van der Waals surface area contributed by atoms with Crippen molar-refractivity contribution in [2.45, 2.75) is 6.92 Å². The molecular weight excluding hydrogens is 234 g/mol. The van der Waals surface area contributed by atoms with Crippen molar-refractivity contribution < 1.29 is 14.3 Å². The van der Waals surface area contributed by atoms with Gasteiger partial charge in [-0.1, -0.05) is 6.07 Å². The summed E-state index contributed by atoms with van der Waals surface area (Å²) in [6.07, 6.45) is 0. The number of hydrogen-bond donors (Lipinski definition) is 1. The van der Waals surface area contributed by atoms with Crippen molar-refractivity contribution in [2.24, 2.45) is 5.10 Å². The van der Waals surface area contributed by atoms with Crippen molar-refractivity contribution >= 4 is 17.4 Å². The van der Waals surface area contributed by atoms with E-state index in [1.54, 1.807) is 30.3 Å². The first-order valence-electron chi connectivity index (χ1n) is 5.26. The molecule has 6 heteroatoms. The number of methoxy groups -OCH3 is 1. The minimum atomic E-state index is -0.786. The molecule has 0 unspecified atom stereocenters. The van der Waals surface area contributed by atoms with Gasteiger partial charge in [0.25, 0.3) is 0 Å². The first-order valence-corrected chi connectivity index (χ1v) is 5.26. The molecule has 0 aliphatic carbocycles. The number of nitrogens with one attached hydrogen (secondary N) is 1. The Morgan fingerprint density at radius 2 is 2.33 bits per heavy atom. The number of hydrogen-bond acceptors (Lipinski definition) is 6. The van der Waals surface area contributed by atoms with Crippen LogP contribution >= 0.6 is 0 Å². The molecule has 6 nitrogen and oxygen atoms in total. The summed E-state index contributed by atoms with van der Waals surface area (Å²) < 4.78 is 9.70. The number of hydrazone groups is 1. The largest absolute Gasteiger partial charge is 0.494 e. The normalized spacial score (nSPS) is 10.4. The third kappa shape index (κ3) is 3.79. The van der Waals surface area contributed by atoms with Gasteiger partial charge in [-0.3, -0.25) is 5.43 Å². The van der Waals surface area contributed by atoms with Gasteiger partial charge in [0.15, 0.2) is 0 Å². The van der Waals surface area contributed by atoms with Crippen LogP contribution in [0, 0.1) is 11.3 Å². The van der Waals surface area contributed by atoms with E-state index in [0.29, 0.717) is 18.0 Å². The van der Waals surface area contributed by atoms with E-state index in [1.807, 2.05) is 6.92 Å². The van der Waals surface area contributed by atoms with Crippen LogP contribution in [0.2, 0.25) is 0 Å². The number of nitrogens with zero attached hydrogens (tertiary/aromatic N) is 2. The third-order valence-electron chi connectivity index (χ3n) is 1.93. The molecule has 1 N–H and O–H groups in total. The maximum absolute atomic E-state index is 11.1. The van der Waals surface area contributed by atoms with Gasteiger partial charge >= 0.3 is 5.97 Å². The molecule has 0 bridgehead atoms. The first-order chi connectivity index (χ1) is 8.71. The summed E-state index contributed by atoms with van der Waals surface area (Å²) in [6, 6.07) is 8.65. The molecule has 0 aliphatic rings. The molecular formula is C12H13N3O3. The van der Waals surface area contributed by atoms with Crippen LogP contribution in [0.3, 0.4) is 0 Å². The fraction of sp³-hybridized carbons (Fsp3) is 0.250. The summed E-state index contributed by atoms with van der Waals surface area (Å²) in [6.45, 7) is 2.43. The smallest absolute Gasteiger partial charge is 0.369 e. The van der Waals surface area contributed by atoms with Crippen molar-refractivity contribution in [1.82, 2.24) is 0 Å². The Balaban J connectivity index is 2.78. The van der Waals surface area contributed by atoms with E-state index in [4.69, 9.17) is 10.00 Å². The van der Waals surface area contributed by atoms with Crippen molar-refractivity contribution in [1.29, 1.82) is 5.26 Å². The van der Waals surface area contributed by atoms with Crippen molar-refractivity contribution in [3.8, 4) is 11.8 Å². The van der Waals surface area contributed by atoms with Crippen LogP contribution in [0.5, 0.6) is 5.75 Å². The van der Waals surface area contributed by atoms with Crippen LogP contribution in [0.4, 0.5) is 5.69 Å². The molecule has 0 fully saturated rings. The minimum Gasteiger partial charge on any atom is -0.494 e. The molecule has 0 spiro atoms. The average molecular weight is 247 g/mol. The zero-order valence-electron chi connectivity index (χ0n) is 10.1. The average Bonchev–Trinajstić information content (AvgIpc) is 2.40. The molecule has 94 valence electrons. The van der Waals surface area contributed by atoms with E-state index < -0.39 is 5.97 Å². The SMILES string of the molecule is CCOc1cccc(N/N=C(\C#N)C(=O)OC)c1. The van der Waals surface area contributed by atoms with E-state index in [0.717, 1.165) is 0 Å². The molecule has 0 saturated heterocycles. The van der Waals surface area contributed by atoms with Gasteiger partial charge in [0, 0.05) is 6.07 Å². The highest BCUT2D eigenvalue weighted by molar-refractivity contribution is 6.43. The lowest BCUT2D eigenvalue weighted by molar-refractivity contribution is -0.132. The summed E-state index contributed by atoms with van der Waals surface area (Å²) in [5.74, 6) is -0.111. The number of benzene rings is 1. The summed E-state index contributed by atoms with van der Waals surface area (Å²) in [5.41, 5.74) is 2.86. The summed E-state index contributed by atoms with van der Waals surface area (Å²) >= 11 is 0. The van der Waals surface area contributed by atoms with Crippen LogP contribution in [-0.2, 0) is 9.53 Å². The van der Waals surface area contributed by atoms with E-state index in [1.165, 1.54) is 7.11 Å². The van der Waals surface area contributed by atoms with E-state index in [2.05, 4.69) is 15.3 Å². The van der Waals surface area contributed by atoms with Crippen LogP contribution in [-0.4, -0.2) is 25.4 Å². The molecule has 0 amide bonds. The molecule has 0 radical (unpaired) electrons. The number of esters is 1. The molecule has 18 heavy (non-hydrogen) atoms. The first kappa shape index (κ1) is 13.5. The Labute approximate surface area is 105 Å². The lowest BCUT2D eigenvalue weighted by atomic mass is 10.3. The van der Waals surface area contributed by atoms with Gasteiger partial charge in [0.2, 0.25) is 5.71 Å². The van der Waals surface area contributed by atoms with Crippen LogP contribution in [0.1, 0.15) is 6.92 Å². The summed E-state index contributed by atoms with van der Waals surface area (Å²) in [4.78, 5) is 11.1. The molecule has 0 aromatic heterocycles. The Bertz CT molecular complexity index is 492. The number of carbonyl (C=O) groups excluding carboxylic acids is 1. The van der Waals surface area contributed by atoms with Gasteiger partial charge < -0.3 is 9.47 Å². The zero-order chi connectivity index (χ0) is 13.4. The van der Waals surface area contributed by atoms with Gasteiger partial charge in [-0.25, -0.2) is 4.79 Å². The zero-order valence-corrected chi connectivity index (χ0v) is 10.1. The van der Waals surface area contributed by atoms with Gasteiger partial charge in [-0.05, 0) is 19.1 Å². The van der Waals surface area contributed by atoms with Crippen LogP contribution in [0.25, 0.3) is 0 Å². The van der Waals surface area contributed by atoms with Crippen LogP contribution < -0.4 is 10.2 Å². The topological polar surface area (TPSA) is 83.7 Å². The fourth-order valence-electron chi connectivity index (χ4n) is 1.16. The second kappa shape index (κ2) is 6.91. The fourth-order valence-corrected chi connectivity index (χ4v) is 1.16. The molecule has 1 aromatic rings. The van der Waals surface area contributed by atoms with Gasteiger partial charge in [0.05, 0.1) is 19.4 Å². The Morgan fingerprint density at radius 3 is 2.94 bits per heavy atom. The lowest BCUT2D eigenvalue weighted by Crippen LogP contribution is -2.15. The van der Waals surface area contributed by atoms with Crippen LogP contribution in [0.15, 0.2) is 29.4 Å². The third-order valence-corrected chi connectivity index (χ3v) is 1.93. The standard InChI is InChI=1S/C12H13N3O3/c1-3-18-10-6-4-5-9(7-10)14-15-11(8-13)12(16)17-2/h4-7,14H,3H2,1-2H3/b15-11+. The number of anilines is 1. The highest BCUT2D eigenvalue weighted by Crippen LogP contribution is 2.17. The molecule has 0 aliphatic heterocycles. The minimum absolute atomic E-state index is 0.348. The van der Waals surface area contributed by atoms with Gasteiger partial charge in [0.1, 0.15) is 11.8 Å². The van der Waals surface area contributed by atoms with E-state index >= 15 is 0 Å². The van der Waals surface area contributed by atoms with Gasteiger partial charge in [-0.15, -0.1) is 0 Å². The van der Waals surface area contributed by atoms with Crippen molar-refractivity contribution in [3.05, 3.63) is 24.3 Å². The highest BCUT2D eigenvalue weighted by atomic mass is 16.5. The quantitative estimate of drug-likeness (QED) is 0.485. The molecule has 0 atom stereocenters. The monoisotopic (exact) mass is 247 g/mol. The summed E-state index contributed by atoms with van der Waals surface area (Å²) in [7, 11) is 1.19. The van der Waals surface area contributed by atoms with E-state index in [-0.39, 0.29) is 5.71 Å². The highest BCUT2D eigenvalue weighted by Gasteiger charge is 2.10.